The third kappa shape index (κ3) is 5.70. The number of esters is 1. The molecule has 0 saturated carbocycles. The lowest BCUT2D eigenvalue weighted by Crippen LogP contribution is -2.55. The fourth-order valence-corrected chi connectivity index (χ4v) is 4.47. The maximum atomic E-state index is 13.2. The number of hydrogen-bond acceptors (Lipinski definition) is 5. The van der Waals surface area contributed by atoms with Crippen molar-refractivity contribution in [3.63, 3.8) is 0 Å². The number of likely N-dealkylation sites (N-methyl/N-ethyl adjacent to an activating group) is 1. The van der Waals surface area contributed by atoms with Gasteiger partial charge in [-0.2, -0.15) is 0 Å². The maximum Gasteiger partial charge on any atom is 0.338 e. The van der Waals surface area contributed by atoms with Crippen molar-refractivity contribution >= 4 is 18.0 Å². The average molecular weight is 472 g/mol. The summed E-state index contributed by atoms with van der Waals surface area (Å²) in [6.07, 6.45) is 0.896. The molecule has 1 fully saturated rings. The SMILES string of the molecule is CCCNC(=O)N1CCN(CC2=C(C(=O)OCC)C(c3ccccc3C)NC(=O)N2CC)CC1. The van der Waals surface area contributed by atoms with Crippen molar-refractivity contribution in [2.24, 2.45) is 0 Å². The number of nitrogens with one attached hydrogen (secondary N) is 2. The van der Waals surface area contributed by atoms with Crippen LogP contribution in [-0.2, 0) is 9.53 Å². The molecule has 0 aliphatic carbocycles. The van der Waals surface area contributed by atoms with Crippen molar-refractivity contribution in [2.45, 2.75) is 40.2 Å². The fraction of sp³-hybridized carbons (Fsp3) is 0.560. The summed E-state index contributed by atoms with van der Waals surface area (Å²) in [7, 11) is 0. The van der Waals surface area contributed by atoms with E-state index in [1.165, 1.54) is 0 Å². The van der Waals surface area contributed by atoms with Crippen LogP contribution < -0.4 is 10.6 Å². The highest BCUT2D eigenvalue weighted by molar-refractivity contribution is 5.95. The van der Waals surface area contributed by atoms with Crippen LogP contribution in [0.4, 0.5) is 9.59 Å². The topological polar surface area (TPSA) is 94.2 Å². The summed E-state index contributed by atoms with van der Waals surface area (Å²) in [6.45, 7) is 12.0. The molecule has 186 valence electrons. The van der Waals surface area contributed by atoms with E-state index in [9.17, 15) is 14.4 Å². The van der Waals surface area contributed by atoms with Crippen molar-refractivity contribution in [1.29, 1.82) is 0 Å². The third-order valence-corrected chi connectivity index (χ3v) is 6.31. The number of hydrogen-bond donors (Lipinski definition) is 2. The number of carbonyl (C=O) groups excluding carboxylic acids is 3. The quantitative estimate of drug-likeness (QED) is 0.569. The minimum Gasteiger partial charge on any atom is -0.463 e. The van der Waals surface area contributed by atoms with Gasteiger partial charge < -0.3 is 20.3 Å². The molecule has 2 N–H and O–H groups in total. The Kier molecular flexibility index (Phi) is 8.92. The number of piperazine rings is 1. The van der Waals surface area contributed by atoms with Crippen molar-refractivity contribution in [3.05, 3.63) is 46.7 Å². The van der Waals surface area contributed by atoms with Crippen molar-refractivity contribution in [1.82, 2.24) is 25.3 Å². The number of ether oxygens (including phenoxy) is 1. The summed E-state index contributed by atoms with van der Waals surface area (Å²) in [4.78, 5) is 44.2. The first-order valence-electron chi connectivity index (χ1n) is 12.2. The van der Waals surface area contributed by atoms with Crippen LogP contribution >= 0.6 is 0 Å². The van der Waals surface area contributed by atoms with Crippen LogP contribution in [0.2, 0.25) is 0 Å². The Morgan fingerprint density at radius 1 is 1.12 bits per heavy atom. The van der Waals surface area contributed by atoms with Gasteiger partial charge in [0.1, 0.15) is 0 Å². The molecule has 34 heavy (non-hydrogen) atoms. The molecule has 1 aromatic carbocycles. The van der Waals surface area contributed by atoms with Crippen LogP contribution in [0.5, 0.6) is 0 Å². The molecule has 1 saturated heterocycles. The molecule has 2 aliphatic heterocycles. The van der Waals surface area contributed by atoms with E-state index < -0.39 is 12.0 Å². The van der Waals surface area contributed by atoms with Gasteiger partial charge >= 0.3 is 18.0 Å². The van der Waals surface area contributed by atoms with Crippen molar-refractivity contribution in [3.8, 4) is 0 Å². The Morgan fingerprint density at radius 2 is 1.82 bits per heavy atom. The van der Waals surface area contributed by atoms with Gasteiger partial charge in [-0.05, 0) is 38.3 Å². The molecule has 0 aromatic heterocycles. The van der Waals surface area contributed by atoms with Gasteiger partial charge in [0.2, 0.25) is 0 Å². The smallest absolute Gasteiger partial charge is 0.338 e. The Bertz CT molecular complexity index is 924. The Morgan fingerprint density at radius 3 is 2.44 bits per heavy atom. The molecule has 3 rings (SSSR count). The van der Waals surface area contributed by atoms with Crippen LogP contribution in [0.1, 0.15) is 44.4 Å². The molecule has 4 amide bonds. The third-order valence-electron chi connectivity index (χ3n) is 6.31. The second-order valence-electron chi connectivity index (χ2n) is 8.56. The van der Waals surface area contributed by atoms with Gasteiger partial charge in [-0.1, -0.05) is 31.2 Å². The normalized spacial score (nSPS) is 19.2. The average Bonchev–Trinajstić information content (AvgIpc) is 2.83. The summed E-state index contributed by atoms with van der Waals surface area (Å²) in [5.74, 6) is -0.415. The molecule has 1 unspecified atom stereocenters. The Labute approximate surface area is 202 Å². The number of carbonyl (C=O) groups is 3. The van der Waals surface area contributed by atoms with Crippen LogP contribution in [-0.4, -0.2) is 85.2 Å². The molecule has 2 heterocycles. The molecular formula is C25H37N5O4. The number of rotatable bonds is 8. The van der Waals surface area contributed by atoms with Gasteiger partial charge in [-0.3, -0.25) is 9.80 Å². The van der Waals surface area contributed by atoms with Gasteiger partial charge in [0, 0.05) is 51.5 Å². The number of urea groups is 2. The molecule has 0 radical (unpaired) electrons. The predicted octanol–water partition coefficient (Wildman–Crippen LogP) is 2.64. The minimum absolute atomic E-state index is 0.0419. The molecule has 2 aliphatic rings. The van der Waals surface area contributed by atoms with E-state index >= 15 is 0 Å². The summed E-state index contributed by atoms with van der Waals surface area (Å²) in [5, 5.41) is 5.94. The first-order valence-corrected chi connectivity index (χ1v) is 12.2. The largest absolute Gasteiger partial charge is 0.463 e. The zero-order chi connectivity index (χ0) is 24.7. The van der Waals surface area contributed by atoms with Crippen LogP contribution in [0.25, 0.3) is 0 Å². The Hall–Kier alpha value is -3.07. The molecule has 9 heteroatoms. The molecule has 1 aromatic rings. The lowest BCUT2D eigenvalue weighted by molar-refractivity contribution is -0.139. The molecule has 0 bridgehead atoms. The van der Waals surface area contributed by atoms with Crippen LogP contribution in [0, 0.1) is 6.92 Å². The van der Waals surface area contributed by atoms with E-state index in [2.05, 4.69) is 15.5 Å². The first kappa shape index (κ1) is 25.6. The summed E-state index contributed by atoms with van der Waals surface area (Å²) in [5.41, 5.74) is 3.01. The van der Waals surface area contributed by atoms with E-state index in [4.69, 9.17) is 4.74 Å². The van der Waals surface area contributed by atoms with Gasteiger partial charge in [0.25, 0.3) is 0 Å². The standard InChI is InChI=1S/C25H37N5O4/c1-5-12-26-24(32)29-15-13-28(14-16-29)17-20-21(23(31)34-7-3)22(27-25(33)30(20)6-2)19-11-9-8-10-18(19)4/h8-11,22H,5-7,12-17H2,1-4H3,(H,26,32)(H,27,33). The highest BCUT2D eigenvalue weighted by Gasteiger charge is 2.39. The van der Waals surface area contributed by atoms with E-state index in [-0.39, 0.29) is 18.7 Å². The van der Waals surface area contributed by atoms with Crippen molar-refractivity contribution in [2.75, 3.05) is 52.4 Å². The van der Waals surface area contributed by atoms with Gasteiger partial charge in [0.15, 0.2) is 0 Å². The monoisotopic (exact) mass is 471 g/mol. The number of aryl methyl sites for hydroxylation is 1. The second-order valence-corrected chi connectivity index (χ2v) is 8.56. The lowest BCUT2D eigenvalue weighted by atomic mass is 9.91. The molecule has 0 spiro atoms. The number of amides is 4. The van der Waals surface area contributed by atoms with E-state index in [1.807, 2.05) is 49.9 Å². The maximum absolute atomic E-state index is 13.2. The van der Waals surface area contributed by atoms with Crippen LogP contribution in [0.3, 0.4) is 0 Å². The predicted molar refractivity (Wildman–Crippen MR) is 130 cm³/mol. The minimum atomic E-state index is -0.577. The summed E-state index contributed by atoms with van der Waals surface area (Å²) >= 11 is 0. The first-order chi connectivity index (χ1) is 16.4. The fourth-order valence-electron chi connectivity index (χ4n) is 4.47. The van der Waals surface area contributed by atoms with E-state index in [0.29, 0.717) is 57.1 Å². The van der Waals surface area contributed by atoms with Crippen LogP contribution in [0.15, 0.2) is 35.5 Å². The molecule has 1 atom stereocenters. The van der Waals surface area contributed by atoms with E-state index in [0.717, 1.165) is 17.5 Å². The highest BCUT2D eigenvalue weighted by Crippen LogP contribution is 2.33. The lowest BCUT2D eigenvalue weighted by Gasteiger charge is -2.40. The summed E-state index contributed by atoms with van der Waals surface area (Å²) < 4.78 is 5.45. The van der Waals surface area contributed by atoms with Crippen molar-refractivity contribution < 1.29 is 19.1 Å². The Balaban J connectivity index is 1.90. The highest BCUT2D eigenvalue weighted by atomic mass is 16.5. The zero-order valence-corrected chi connectivity index (χ0v) is 20.7. The number of nitrogens with zero attached hydrogens (tertiary/aromatic N) is 3. The second kappa shape index (κ2) is 11.9. The zero-order valence-electron chi connectivity index (χ0n) is 20.7. The number of benzene rings is 1. The molecule has 9 nitrogen and oxygen atoms in total. The van der Waals surface area contributed by atoms with Gasteiger partial charge in [-0.25, -0.2) is 14.4 Å². The van der Waals surface area contributed by atoms with Gasteiger partial charge in [0.05, 0.1) is 18.2 Å². The molecular weight excluding hydrogens is 434 g/mol. The van der Waals surface area contributed by atoms with Gasteiger partial charge in [-0.15, -0.1) is 0 Å². The van der Waals surface area contributed by atoms with E-state index in [1.54, 1.807) is 11.8 Å². The summed E-state index contributed by atoms with van der Waals surface area (Å²) in [6, 6.07) is 6.91.